The number of ether oxygens (including phenoxy) is 1. The lowest BCUT2D eigenvalue weighted by atomic mass is 10.1. The average Bonchev–Trinajstić information content (AvgIpc) is 2.69. The van der Waals surface area contributed by atoms with Gasteiger partial charge in [-0.25, -0.2) is 0 Å². The van der Waals surface area contributed by atoms with Crippen LogP contribution in [0.5, 0.6) is 0 Å². The van der Waals surface area contributed by atoms with Gasteiger partial charge in [-0.15, -0.1) is 0 Å². The maximum absolute atomic E-state index is 12.1. The first kappa shape index (κ1) is 17.4. The highest BCUT2D eigenvalue weighted by Crippen LogP contribution is 2.07. The van der Waals surface area contributed by atoms with Gasteiger partial charge < -0.3 is 20.3 Å². The molecule has 1 heterocycles. The molecule has 1 saturated heterocycles. The monoisotopic (exact) mass is 285 g/mol. The number of rotatable bonds is 8. The number of amides is 1. The normalized spacial score (nSPS) is 18.9. The van der Waals surface area contributed by atoms with Crippen LogP contribution in [0.25, 0.3) is 0 Å². The van der Waals surface area contributed by atoms with Crippen LogP contribution in [-0.4, -0.2) is 68.2 Å². The minimum Gasteiger partial charge on any atom is -0.381 e. The predicted molar refractivity (Wildman–Crippen MR) is 81.6 cm³/mol. The van der Waals surface area contributed by atoms with E-state index in [9.17, 15) is 4.79 Å². The lowest BCUT2D eigenvalue weighted by molar-refractivity contribution is -0.132. The molecule has 118 valence electrons. The summed E-state index contributed by atoms with van der Waals surface area (Å²) in [5, 5.41) is 0. The van der Waals surface area contributed by atoms with Crippen molar-refractivity contribution in [3.8, 4) is 0 Å². The molecule has 2 N–H and O–H groups in total. The SMILES string of the molecule is CCCOCCC(=O)N1CCCN(CC(C)CN)CC1. The fourth-order valence-electron chi connectivity index (χ4n) is 2.48. The molecule has 1 rings (SSSR count). The molecule has 0 spiro atoms. The van der Waals surface area contributed by atoms with Crippen molar-refractivity contribution in [1.29, 1.82) is 0 Å². The largest absolute Gasteiger partial charge is 0.381 e. The van der Waals surface area contributed by atoms with Gasteiger partial charge in [0.1, 0.15) is 0 Å². The van der Waals surface area contributed by atoms with Crippen LogP contribution >= 0.6 is 0 Å². The Bertz CT molecular complexity index is 274. The third-order valence-corrected chi connectivity index (χ3v) is 3.72. The van der Waals surface area contributed by atoms with E-state index < -0.39 is 0 Å². The van der Waals surface area contributed by atoms with Crippen LogP contribution < -0.4 is 5.73 Å². The Hall–Kier alpha value is -0.650. The Kier molecular flexibility index (Phi) is 8.82. The summed E-state index contributed by atoms with van der Waals surface area (Å²) in [4.78, 5) is 16.5. The van der Waals surface area contributed by atoms with Crippen LogP contribution in [0, 0.1) is 5.92 Å². The van der Waals surface area contributed by atoms with Gasteiger partial charge in [-0.3, -0.25) is 4.79 Å². The zero-order chi connectivity index (χ0) is 14.8. The molecule has 5 heteroatoms. The summed E-state index contributed by atoms with van der Waals surface area (Å²) < 4.78 is 5.39. The summed E-state index contributed by atoms with van der Waals surface area (Å²) in [5.41, 5.74) is 5.68. The lowest BCUT2D eigenvalue weighted by Crippen LogP contribution is -2.37. The Balaban J connectivity index is 2.26. The molecule has 1 amide bonds. The fraction of sp³-hybridized carbons (Fsp3) is 0.933. The van der Waals surface area contributed by atoms with Gasteiger partial charge in [-0.1, -0.05) is 13.8 Å². The maximum atomic E-state index is 12.1. The topological polar surface area (TPSA) is 58.8 Å². The molecule has 0 aromatic heterocycles. The van der Waals surface area contributed by atoms with E-state index in [4.69, 9.17) is 10.5 Å². The van der Waals surface area contributed by atoms with Gasteiger partial charge in [0.15, 0.2) is 0 Å². The second-order valence-corrected chi connectivity index (χ2v) is 5.74. The van der Waals surface area contributed by atoms with E-state index in [2.05, 4.69) is 18.7 Å². The molecule has 1 aliphatic heterocycles. The highest BCUT2D eigenvalue weighted by Gasteiger charge is 2.19. The van der Waals surface area contributed by atoms with E-state index >= 15 is 0 Å². The zero-order valence-electron chi connectivity index (χ0n) is 13.1. The minimum atomic E-state index is 0.231. The standard InChI is InChI=1S/C15H31N3O2/c1-3-10-20-11-5-15(19)18-7-4-6-17(8-9-18)13-14(2)12-16/h14H,3-13,16H2,1-2H3. The van der Waals surface area contributed by atoms with Crippen LogP contribution in [0.4, 0.5) is 0 Å². The number of nitrogens with two attached hydrogens (primary N) is 1. The molecule has 1 unspecified atom stereocenters. The number of carbonyl (C=O) groups is 1. The molecule has 0 aromatic rings. The third kappa shape index (κ3) is 6.68. The average molecular weight is 285 g/mol. The molecule has 0 saturated carbocycles. The molecule has 0 radical (unpaired) electrons. The quantitative estimate of drug-likeness (QED) is 0.674. The van der Waals surface area contributed by atoms with Crippen molar-refractivity contribution in [3.63, 3.8) is 0 Å². The Morgan fingerprint density at radius 3 is 2.75 bits per heavy atom. The van der Waals surface area contributed by atoms with Crippen LogP contribution in [0.2, 0.25) is 0 Å². The first-order chi connectivity index (χ1) is 9.67. The Labute approximate surface area is 123 Å². The molecular weight excluding hydrogens is 254 g/mol. The van der Waals surface area contributed by atoms with Gasteiger partial charge in [0, 0.05) is 32.8 Å². The van der Waals surface area contributed by atoms with Crippen LogP contribution in [-0.2, 0) is 9.53 Å². The van der Waals surface area contributed by atoms with E-state index in [1.54, 1.807) is 0 Å². The Morgan fingerprint density at radius 1 is 1.25 bits per heavy atom. The van der Waals surface area contributed by atoms with Crippen molar-refractivity contribution in [2.24, 2.45) is 11.7 Å². The van der Waals surface area contributed by atoms with E-state index in [1.807, 2.05) is 4.90 Å². The lowest BCUT2D eigenvalue weighted by Gasteiger charge is -2.24. The van der Waals surface area contributed by atoms with Gasteiger partial charge in [0.05, 0.1) is 13.0 Å². The van der Waals surface area contributed by atoms with Gasteiger partial charge in [0.25, 0.3) is 0 Å². The first-order valence-electron chi connectivity index (χ1n) is 7.95. The van der Waals surface area contributed by atoms with E-state index in [0.29, 0.717) is 18.9 Å². The molecule has 1 atom stereocenters. The van der Waals surface area contributed by atoms with Crippen LogP contribution in [0.3, 0.4) is 0 Å². The molecule has 0 aromatic carbocycles. The van der Waals surface area contributed by atoms with Gasteiger partial charge >= 0.3 is 0 Å². The number of nitrogens with zero attached hydrogens (tertiary/aromatic N) is 2. The van der Waals surface area contributed by atoms with Crippen molar-refractivity contribution in [3.05, 3.63) is 0 Å². The van der Waals surface area contributed by atoms with Crippen LogP contribution in [0.15, 0.2) is 0 Å². The fourth-order valence-corrected chi connectivity index (χ4v) is 2.48. The minimum absolute atomic E-state index is 0.231. The van der Waals surface area contributed by atoms with Crippen molar-refractivity contribution in [2.75, 3.05) is 52.5 Å². The summed E-state index contributed by atoms with van der Waals surface area (Å²) in [6.45, 7) is 11.1. The smallest absolute Gasteiger partial charge is 0.224 e. The molecule has 5 nitrogen and oxygen atoms in total. The van der Waals surface area contributed by atoms with E-state index in [0.717, 1.165) is 58.7 Å². The highest BCUT2D eigenvalue weighted by molar-refractivity contribution is 5.76. The van der Waals surface area contributed by atoms with Crippen molar-refractivity contribution >= 4 is 5.91 Å². The zero-order valence-corrected chi connectivity index (χ0v) is 13.1. The highest BCUT2D eigenvalue weighted by atomic mass is 16.5. The summed E-state index contributed by atoms with van der Waals surface area (Å²) in [6, 6.07) is 0. The summed E-state index contributed by atoms with van der Waals surface area (Å²) in [5.74, 6) is 0.759. The molecule has 0 aliphatic carbocycles. The van der Waals surface area contributed by atoms with E-state index in [1.165, 1.54) is 0 Å². The summed E-state index contributed by atoms with van der Waals surface area (Å²) in [6.07, 6.45) is 2.57. The molecule has 1 fully saturated rings. The summed E-state index contributed by atoms with van der Waals surface area (Å²) >= 11 is 0. The molecule has 20 heavy (non-hydrogen) atoms. The Morgan fingerprint density at radius 2 is 2.05 bits per heavy atom. The second kappa shape index (κ2) is 10.1. The molecular formula is C15H31N3O2. The van der Waals surface area contributed by atoms with E-state index in [-0.39, 0.29) is 5.91 Å². The van der Waals surface area contributed by atoms with Gasteiger partial charge in [-0.05, 0) is 31.8 Å². The van der Waals surface area contributed by atoms with Crippen molar-refractivity contribution < 1.29 is 9.53 Å². The molecule has 0 bridgehead atoms. The second-order valence-electron chi connectivity index (χ2n) is 5.74. The third-order valence-electron chi connectivity index (χ3n) is 3.72. The maximum Gasteiger partial charge on any atom is 0.224 e. The van der Waals surface area contributed by atoms with Crippen molar-refractivity contribution in [1.82, 2.24) is 9.80 Å². The number of carbonyl (C=O) groups excluding carboxylic acids is 1. The van der Waals surface area contributed by atoms with Gasteiger partial charge in [-0.2, -0.15) is 0 Å². The first-order valence-corrected chi connectivity index (χ1v) is 7.95. The number of hydrogen-bond acceptors (Lipinski definition) is 4. The van der Waals surface area contributed by atoms with Crippen molar-refractivity contribution in [2.45, 2.75) is 33.1 Å². The summed E-state index contributed by atoms with van der Waals surface area (Å²) in [7, 11) is 0. The van der Waals surface area contributed by atoms with Gasteiger partial charge in [0.2, 0.25) is 5.91 Å². The van der Waals surface area contributed by atoms with Crippen LogP contribution in [0.1, 0.15) is 33.1 Å². The predicted octanol–water partition coefficient (Wildman–Crippen LogP) is 0.932. The molecule has 1 aliphatic rings. The number of hydrogen-bond donors (Lipinski definition) is 1.